The smallest absolute Gasteiger partial charge is 0.157 e. The van der Waals surface area contributed by atoms with E-state index in [-0.39, 0.29) is 5.54 Å². The van der Waals surface area contributed by atoms with Gasteiger partial charge in [0.1, 0.15) is 0 Å². The first kappa shape index (κ1) is 20.1. The molecule has 32 heavy (non-hydrogen) atoms. The Bertz CT molecular complexity index is 1350. The minimum Gasteiger partial charge on any atom is -0.357 e. The lowest BCUT2D eigenvalue weighted by Gasteiger charge is -2.30. The lowest BCUT2D eigenvalue weighted by molar-refractivity contribution is 0.341. The van der Waals surface area contributed by atoms with Crippen LogP contribution in [-0.2, 0) is 6.42 Å². The van der Waals surface area contributed by atoms with Gasteiger partial charge in [0.25, 0.3) is 0 Å². The van der Waals surface area contributed by atoms with Crippen LogP contribution >= 0.6 is 0 Å². The number of nitrogens with zero attached hydrogens (tertiary/aromatic N) is 3. The van der Waals surface area contributed by atoms with E-state index < -0.39 is 0 Å². The van der Waals surface area contributed by atoms with Gasteiger partial charge in [-0.25, -0.2) is 0 Å². The number of pyridine rings is 1. The summed E-state index contributed by atoms with van der Waals surface area (Å²) in [7, 11) is 0. The fourth-order valence-electron chi connectivity index (χ4n) is 4.25. The van der Waals surface area contributed by atoms with E-state index in [4.69, 9.17) is 9.83 Å². The second-order valence-corrected chi connectivity index (χ2v) is 8.78. The third kappa shape index (κ3) is 3.92. The Morgan fingerprint density at radius 2 is 1.72 bits per heavy atom. The molecule has 0 radical (unpaired) electrons. The quantitative estimate of drug-likeness (QED) is 0.292. The number of aromatic nitrogens is 1. The van der Waals surface area contributed by atoms with E-state index in [2.05, 4.69) is 54.3 Å². The first-order chi connectivity index (χ1) is 15.5. The lowest BCUT2D eigenvalue weighted by Crippen LogP contribution is -2.31. The number of fused-ring (bicyclic) bond motifs is 2. The molecule has 3 aromatic carbocycles. The molecule has 0 saturated carbocycles. The van der Waals surface area contributed by atoms with Crippen molar-refractivity contribution in [3.63, 3.8) is 0 Å². The van der Waals surface area contributed by atoms with Gasteiger partial charge in [0.15, 0.2) is 5.75 Å². The Kier molecular flexibility index (Phi) is 5.06. The largest absolute Gasteiger partial charge is 0.357 e. The van der Waals surface area contributed by atoms with Crippen LogP contribution in [0.15, 0.2) is 95.2 Å². The third-order valence-electron chi connectivity index (χ3n) is 5.74. The van der Waals surface area contributed by atoms with Crippen LogP contribution in [0.3, 0.4) is 0 Å². The van der Waals surface area contributed by atoms with Crippen LogP contribution in [0.4, 0.5) is 0 Å². The Morgan fingerprint density at radius 1 is 0.938 bits per heavy atom. The van der Waals surface area contributed by atoms with Crippen molar-refractivity contribution in [2.75, 3.05) is 0 Å². The maximum Gasteiger partial charge on any atom is 0.157 e. The molecule has 158 valence electrons. The maximum absolute atomic E-state index is 5.67. The number of rotatable bonds is 4. The van der Waals surface area contributed by atoms with Crippen molar-refractivity contribution in [2.45, 2.75) is 32.7 Å². The summed E-state index contributed by atoms with van der Waals surface area (Å²) in [6.45, 7) is 6.34. The first-order valence-electron chi connectivity index (χ1n) is 10.8. The van der Waals surface area contributed by atoms with E-state index in [1.165, 1.54) is 5.56 Å². The summed E-state index contributed by atoms with van der Waals surface area (Å²) in [4.78, 5) is 15.5. The number of hydrogen-bond acceptors (Lipinski definition) is 4. The summed E-state index contributed by atoms with van der Waals surface area (Å²) in [6, 6.07) is 26.3. The molecule has 5 rings (SSSR count). The zero-order chi connectivity index (χ0) is 22.1. The molecule has 0 unspecified atom stereocenters. The van der Waals surface area contributed by atoms with E-state index in [9.17, 15) is 0 Å². The number of para-hydroxylation sites is 2. The van der Waals surface area contributed by atoms with Gasteiger partial charge >= 0.3 is 0 Å². The summed E-state index contributed by atoms with van der Waals surface area (Å²) in [5, 5.41) is 5.54. The van der Waals surface area contributed by atoms with Gasteiger partial charge in [0.05, 0.1) is 22.5 Å². The predicted octanol–water partition coefficient (Wildman–Crippen LogP) is 6.21. The van der Waals surface area contributed by atoms with Crippen LogP contribution in [0, 0.1) is 0 Å². The van der Waals surface area contributed by atoms with Crippen LogP contribution in [0.2, 0.25) is 0 Å². The molecule has 2 heterocycles. The molecular weight excluding hydrogens is 394 g/mol. The van der Waals surface area contributed by atoms with Crippen molar-refractivity contribution < 1.29 is 4.84 Å². The van der Waals surface area contributed by atoms with E-state index in [0.29, 0.717) is 0 Å². The van der Waals surface area contributed by atoms with Crippen LogP contribution in [0.25, 0.3) is 10.9 Å². The topological polar surface area (TPSA) is 46.8 Å². The number of oxime groups is 1. The predicted molar refractivity (Wildman–Crippen MR) is 131 cm³/mol. The van der Waals surface area contributed by atoms with E-state index in [1.807, 2.05) is 61.7 Å². The van der Waals surface area contributed by atoms with Gasteiger partial charge in [-0.1, -0.05) is 59.8 Å². The second kappa shape index (κ2) is 8.04. The Morgan fingerprint density at radius 3 is 2.56 bits per heavy atom. The molecule has 0 spiro atoms. The third-order valence-corrected chi connectivity index (χ3v) is 5.74. The van der Waals surface area contributed by atoms with Crippen molar-refractivity contribution in [1.29, 1.82) is 0 Å². The average Bonchev–Trinajstić information content (AvgIpc) is 2.81. The van der Waals surface area contributed by atoms with Gasteiger partial charge in [-0.2, -0.15) is 0 Å². The number of aliphatic imine (C=N–C) groups is 1. The summed E-state index contributed by atoms with van der Waals surface area (Å²) in [6.07, 6.45) is 2.76. The molecule has 0 bridgehead atoms. The highest BCUT2D eigenvalue weighted by molar-refractivity contribution is 6.17. The van der Waals surface area contributed by atoms with Crippen LogP contribution in [0.5, 0.6) is 5.75 Å². The van der Waals surface area contributed by atoms with Crippen molar-refractivity contribution in [2.24, 2.45) is 10.1 Å². The normalized spacial score (nSPS) is 15.2. The van der Waals surface area contributed by atoms with Crippen molar-refractivity contribution in [3.8, 4) is 5.75 Å². The maximum atomic E-state index is 5.67. The lowest BCUT2D eigenvalue weighted by atomic mass is 9.82. The molecule has 0 aliphatic carbocycles. The highest BCUT2D eigenvalue weighted by Gasteiger charge is 2.30. The monoisotopic (exact) mass is 419 g/mol. The van der Waals surface area contributed by atoms with Crippen molar-refractivity contribution in [1.82, 2.24) is 4.98 Å². The van der Waals surface area contributed by atoms with Crippen LogP contribution in [-0.4, -0.2) is 21.9 Å². The molecule has 1 aromatic heterocycles. The molecule has 0 amide bonds. The molecule has 1 aliphatic rings. The molecule has 0 saturated heterocycles. The Labute approximate surface area is 188 Å². The minimum absolute atomic E-state index is 0.231. The second-order valence-electron chi connectivity index (χ2n) is 8.78. The molecule has 4 heteroatoms. The highest BCUT2D eigenvalue weighted by atomic mass is 16.6. The average molecular weight is 420 g/mol. The van der Waals surface area contributed by atoms with Gasteiger partial charge in [-0.15, -0.1) is 0 Å². The molecule has 0 atom stereocenters. The summed E-state index contributed by atoms with van der Waals surface area (Å²) < 4.78 is 0. The SMILES string of the molecule is C/C(=N\Oc1ccccc1)c1cccc2c1CC(C)(C)N=C2c1cnc2ccccc2c1. The zero-order valence-electron chi connectivity index (χ0n) is 18.5. The summed E-state index contributed by atoms with van der Waals surface area (Å²) in [5.74, 6) is 0.724. The minimum atomic E-state index is -0.231. The molecular formula is C28H25N3O. The molecule has 0 fully saturated rings. The molecule has 0 N–H and O–H groups in total. The Balaban J connectivity index is 1.58. The van der Waals surface area contributed by atoms with Crippen molar-refractivity contribution in [3.05, 3.63) is 107 Å². The standard InChI is InChI=1S/C28H25N3O/c1-19(31-32-22-11-5-4-6-12-22)23-13-9-14-24-25(23)17-28(2,3)30-27(24)21-16-20-10-7-8-15-26(20)29-18-21/h4-16,18H,17H2,1-3H3/b31-19+. The number of benzene rings is 3. The van der Waals surface area contributed by atoms with Gasteiger partial charge in [0, 0.05) is 28.3 Å². The Hall–Kier alpha value is -3.79. The zero-order valence-corrected chi connectivity index (χ0v) is 18.5. The van der Waals surface area contributed by atoms with Gasteiger partial charge < -0.3 is 4.84 Å². The van der Waals surface area contributed by atoms with Gasteiger partial charge in [-0.3, -0.25) is 9.98 Å². The fourth-order valence-corrected chi connectivity index (χ4v) is 4.25. The summed E-state index contributed by atoms with van der Waals surface area (Å²) in [5.41, 5.74) is 7.08. The molecule has 4 nitrogen and oxygen atoms in total. The van der Waals surface area contributed by atoms with Crippen molar-refractivity contribution >= 4 is 22.3 Å². The molecule has 1 aliphatic heterocycles. The van der Waals surface area contributed by atoms with Gasteiger partial charge in [0.2, 0.25) is 0 Å². The number of hydrogen-bond donors (Lipinski definition) is 0. The fraction of sp³-hybridized carbons (Fsp3) is 0.179. The van der Waals surface area contributed by atoms with E-state index >= 15 is 0 Å². The summed E-state index contributed by atoms with van der Waals surface area (Å²) >= 11 is 0. The van der Waals surface area contributed by atoms with Gasteiger partial charge in [-0.05, 0) is 57.0 Å². The molecule has 4 aromatic rings. The first-order valence-corrected chi connectivity index (χ1v) is 10.8. The van der Waals surface area contributed by atoms with Crippen LogP contribution < -0.4 is 4.84 Å². The highest BCUT2D eigenvalue weighted by Crippen LogP contribution is 2.32. The van der Waals surface area contributed by atoms with E-state index in [0.717, 1.165) is 51.2 Å². The van der Waals surface area contributed by atoms with E-state index in [1.54, 1.807) is 0 Å². The van der Waals surface area contributed by atoms with Crippen LogP contribution in [0.1, 0.15) is 43.0 Å².